The van der Waals surface area contributed by atoms with Crippen LogP contribution in [0.25, 0.3) is 0 Å². The Morgan fingerprint density at radius 1 is 1.43 bits per heavy atom. The highest BCUT2D eigenvalue weighted by molar-refractivity contribution is 4.91. The quantitative estimate of drug-likeness (QED) is 0.659. The zero-order chi connectivity index (χ0) is 10.6. The maximum Gasteiger partial charge on any atom is 0.169 e. The molecule has 1 fully saturated rings. The second-order valence-corrected chi connectivity index (χ2v) is 4.11. The molecule has 1 heterocycles. The Morgan fingerprint density at radius 3 is 2.57 bits per heavy atom. The van der Waals surface area contributed by atoms with Crippen LogP contribution in [0.15, 0.2) is 0 Å². The summed E-state index contributed by atoms with van der Waals surface area (Å²) in [5, 5.41) is 9.33. The van der Waals surface area contributed by atoms with E-state index in [1.54, 1.807) is 14.2 Å². The molecule has 0 aliphatic carbocycles. The molecule has 1 aliphatic heterocycles. The summed E-state index contributed by atoms with van der Waals surface area (Å²) < 4.78 is 10.3. The molecule has 84 valence electrons. The van der Waals surface area contributed by atoms with E-state index >= 15 is 0 Å². The number of likely N-dealkylation sites (tertiary alicyclic amines) is 1. The largest absolute Gasteiger partial charge is 0.394 e. The number of hydrogen-bond acceptors (Lipinski definition) is 4. The van der Waals surface area contributed by atoms with Crippen molar-refractivity contribution in [3.63, 3.8) is 0 Å². The molecule has 4 heteroatoms. The van der Waals surface area contributed by atoms with Gasteiger partial charge in [0.05, 0.1) is 13.2 Å². The summed E-state index contributed by atoms with van der Waals surface area (Å²) in [5.41, 5.74) is -0.0880. The lowest BCUT2D eigenvalue weighted by Gasteiger charge is -2.35. The highest BCUT2D eigenvalue weighted by Gasteiger charge is 2.36. The van der Waals surface area contributed by atoms with Gasteiger partial charge >= 0.3 is 0 Å². The lowest BCUT2D eigenvalue weighted by atomic mass is 10.0. The molecule has 1 N–H and O–H groups in total. The van der Waals surface area contributed by atoms with E-state index < -0.39 is 0 Å². The molecule has 1 saturated heterocycles. The van der Waals surface area contributed by atoms with Crippen LogP contribution < -0.4 is 0 Å². The molecule has 0 aromatic rings. The fraction of sp³-hybridized carbons (Fsp3) is 1.00. The van der Waals surface area contributed by atoms with Crippen molar-refractivity contribution in [3.05, 3.63) is 0 Å². The Hall–Kier alpha value is -0.160. The Morgan fingerprint density at radius 2 is 2.07 bits per heavy atom. The van der Waals surface area contributed by atoms with Crippen molar-refractivity contribution in [1.29, 1.82) is 0 Å². The molecule has 0 amide bonds. The minimum absolute atomic E-state index is 0.0880. The number of nitrogens with zero attached hydrogens (tertiary/aromatic N) is 1. The average molecular weight is 203 g/mol. The van der Waals surface area contributed by atoms with Crippen LogP contribution in [-0.2, 0) is 9.47 Å². The van der Waals surface area contributed by atoms with E-state index in [0.717, 1.165) is 25.9 Å². The van der Waals surface area contributed by atoms with Crippen LogP contribution >= 0.6 is 0 Å². The highest BCUT2D eigenvalue weighted by Crippen LogP contribution is 2.28. The first kappa shape index (κ1) is 11.9. The lowest BCUT2D eigenvalue weighted by Crippen LogP contribution is -2.48. The van der Waals surface area contributed by atoms with Gasteiger partial charge in [-0.2, -0.15) is 0 Å². The van der Waals surface area contributed by atoms with Gasteiger partial charge in [0.25, 0.3) is 0 Å². The highest BCUT2D eigenvalue weighted by atomic mass is 16.7. The molecular weight excluding hydrogens is 182 g/mol. The summed E-state index contributed by atoms with van der Waals surface area (Å²) in [4.78, 5) is 2.24. The number of hydrogen-bond donors (Lipinski definition) is 1. The van der Waals surface area contributed by atoms with Crippen LogP contribution in [0.2, 0.25) is 0 Å². The van der Waals surface area contributed by atoms with Crippen molar-refractivity contribution in [2.75, 3.05) is 33.9 Å². The molecule has 0 unspecified atom stereocenters. The van der Waals surface area contributed by atoms with Gasteiger partial charge in [0.15, 0.2) is 6.29 Å². The van der Waals surface area contributed by atoms with Crippen molar-refractivity contribution >= 4 is 0 Å². The van der Waals surface area contributed by atoms with Crippen LogP contribution in [0.3, 0.4) is 0 Å². The molecule has 0 radical (unpaired) electrons. The Balaban J connectivity index is 2.50. The van der Waals surface area contributed by atoms with Gasteiger partial charge in [-0.3, -0.25) is 4.90 Å². The van der Waals surface area contributed by atoms with Gasteiger partial charge in [-0.05, 0) is 26.3 Å². The van der Waals surface area contributed by atoms with Crippen molar-refractivity contribution in [3.8, 4) is 0 Å². The number of ether oxygens (including phenoxy) is 2. The Labute approximate surface area is 85.8 Å². The fourth-order valence-electron chi connectivity index (χ4n) is 1.99. The second kappa shape index (κ2) is 5.07. The first-order chi connectivity index (χ1) is 6.66. The third kappa shape index (κ3) is 2.45. The van der Waals surface area contributed by atoms with E-state index in [-0.39, 0.29) is 18.4 Å². The van der Waals surface area contributed by atoms with Crippen molar-refractivity contribution in [1.82, 2.24) is 4.90 Å². The van der Waals surface area contributed by atoms with E-state index in [1.165, 1.54) is 0 Å². The van der Waals surface area contributed by atoms with Crippen LogP contribution in [0.4, 0.5) is 0 Å². The fourth-order valence-corrected chi connectivity index (χ4v) is 1.99. The van der Waals surface area contributed by atoms with E-state index in [1.807, 2.05) is 0 Å². The predicted molar refractivity (Wildman–Crippen MR) is 54.1 cm³/mol. The SMILES string of the molecule is COC(CN1CCC[C@@]1(C)CO)OC. The molecule has 0 aromatic carbocycles. The summed E-state index contributed by atoms with van der Waals surface area (Å²) in [5.74, 6) is 0. The first-order valence-electron chi connectivity index (χ1n) is 5.08. The van der Waals surface area contributed by atoms with E-state index in [2.05, 4.69) is 11.8 Å². The average Bonchev–Trinajstić information content (AvgIpc) is 2.57. The topological polar surface area (TPSA) is 41.9 Å². The molecule has 1 atom stereocenters. The monoisotopic (exact) mass is 203 g/mol. The summed E-state index contributed by atoms with van der Waals surface area (Å²) in [6.45, 7) is 4.03. The molecule has 14 heavy (non-hydrogen) atoms. The number of rotatable bonds is 5. The molecule has 0 bridgehead atoms. The predicted octanol–water partition coefficient (Wildman–Crippen LogP) is 0.452. The molecule has 0 aromatic heterocycles. The molecule has 1 aliphatic rings. The van der Waals surface area contributed by atoms with Crippen LogP contribution in [0, 0.1) is 0 Å². The third-order valence-electron chi connectivity index (χ3n) is 3.14. The molecule has 0 spiro atoms. The van der Waals surface area contributed by atoms with Crippen LogP contribution in [-0.4, -0.2) is 55.8 Å². The summed E-state index contributed by atoms with van der Waals surface area (Å²) >= 11 is 0. The van der Waals surface area contributed by atoms with Crippen molar-refractivity contribution in [2.45, 2.75) is 31.6 Å². The Kier molecular flexibility index (Phi) is 4.31. The van der Waals surface area contributed by atoms with Crippen LogP contribution in [0.5, 0.6) is 0 Å². The van der Waals surface area contributed by atoms with Crippen LogP contribution in [0.1, 0.15) is 19.8 Å². The van der Waals surface area contributed by atoms with Gasteiger partial charge in [0.2, 0.25) is 0 Å². The minimum atomic E-state index is -0.195. The van der Waals surface area contributed by atoms with Gasteiger partial charge in [-0.1, -0.05) is 0 Å². The zero-order valence-electron chi connectivity index (χ0n) is 9.32. The summed E-state index contributed by atoms with van der Waals surface area (Å²) in [6.07, 6.45) is 1.99. The third-order valence-corrected chi connectivity index (χ3v) is 3.14. The number of methoxy groups -OCH3 is 2. The molecule has 1 rings (SSSR count). The number of aliphatic hydroxyl groups is 1. The minimum Gasteiger partial charge on any atom is -0.394 e. The van der Waals surface area contributed by atoms with Gasteiger partial charge in [-0.15, -0.1) is 0 Å². The molecule has 0 saturated carbocycles. The van der Waals surface area contributed by atoms with E-state index in [4.69, 9.17) is 9.47 Å². The maximum atomic E-state index is 9.33. The molecular formula is C10H21NO3. The lowest BCUT2D eigenvalue weighted by molar-refractivity contribution is -0.125. The van der Waals surface area contributed by atoms with Gasteiger partial charge in [0.1, 0.15) is 0 Å². The zero-order valence-corrected chi connectivity index (χ0v) is 9.32. The normalized spacial score (nSPS) is 28.9. The maximum absolute atomic E-state index is 9.33. The number of aliphatic hydroxyl groups excluding tert-OH is 1. The van der Waals surface area contributed by atoms with E-state index in [9.17, 15) is 5.11 Å². The van der Waals surface area contributed by atoms with Crippen molar-refractivity contribution in [2.24, 2.45) is 0 Å². The smallest absolute Gasteiger partial charge is 0.169 e. The molecule has 4 nitrogen and oxygen atoms in total. The summed E-state index contributed by atoms with van der Waals surface area (Å²) in [6, 6.07) is 0. The summed E-state index contributed by atoms with van der Waals surface area (Å²) in [7, 11) is 3.28. The first-order valence-corrected chi connectivity index (χ1v) is 5.08. The van der Waals surface area contributed by atoms with Crippen molar-refractivity contribution < 1.29 is 14.6 Å². The van der Waals surface area contributed by atoms with Gasteiger partial charge < -0.3 is 14.6 Å². The Bertz CT molecular complexity index is 173. The van der Waals surface area contributed by atoms with E-state index in [0.29, 0.717) is 0 Å². The second-order valence-electron chi connectivity index (χ2n) is 4.11. The van der Waals surface area contributed by atoms with Gasteiger partial charge in [-0.25, -0.2) is 0 Å². The van der Waals surface area contributed by atoms with Gasteiger partial charge in [0, 0.05) is 19.8 Å². The standard InChI is InChI=1S/C10H21NO3/c1-10(8-12)5-4-6-11(10)7-9(13-2)14-3/h9,12H,4-8H2,1-3H3/t10-/m0/s1.